The highest BCUT2D eigenvalue weighted by atomic mass is 32.2. The first kappa shape index (κ1) is 19.2. The lowest BCUT2D eigenvalue weighted by atomic mass is 10.0. The van der Waals surface area contributed by atoms with Crippen molar-refractivity contribution in [2.24, 2.45) is 0 Å². The minimum atomic E-state index is -0.255. The molecule has 2 aromatic rings. The average molecular weight is 381 g/mol. The van der Waals surface area contributed by atoms with E-state index in [2.05, 4.69) is 31.3 Å². The van der Waals surface area contributed by atoms with Crippen LogP contribution < -0.4 is 5.32 Å². The maximum Gasteiger partial charge on any atom is 0.295 e. The van der Waals surface area contributed by atoms with E-state index >= 15 is 0 Å². The predicted molar refractivity (Wildman–Crippen MR) is 113 cm³/mol. The summed E-state index contributed by atoms with van der Waals surface area (Å²) >= 11 is 0.986. The molecule has 1 heterocycles. The Morgan fingerprint density at radius 2 is 1.74 bits per heavy atom. The summed E-state index contributed by atoms with van der Waals surface area (Å²) in [6.45, 7) is 8.53. The Morgan fingerprint density at radius 3 is 2.37 bits per heavy atom. The van der Waals surface area contributed by atoms with Crippen LogP contribution in [0, 0.1) is 13.8 Å². The Hall–Kier alpha value is -2.53. The lowest BCUT2D eigenvalue weighted by molar-refractivity contribution is -0.122. The molecule has 0 spiro atoms. The van der Waals surface area contributed by atoms with Crippen molar-refractivity contribution in [3.05, 3.63) is 69.6 Å². The lowest BCUT2D eigenvalue weighted by Crippen LogP contribution is -2.33. The van der Waals surface area contributed by atoms with Crippen LogP contribution in [-0.2, 0) is 4.79 Å². The van der Waals surface area contributed by atoms with E-state index in [1.165, 1.54) is 21.6 Å². The van der Waals surface area contributed by atoms with Crippen LogP contribution in [0.5, 0.6) is 0 Å². The van der Waals surface area contributed by atoms with Gasteiger partial charge in [-0.2, -0.15) is 0 Å². The number of amides is 2. The zero-order valence-electron chi connectivity index (χ0n) is 16.1. The third-order valence-electron chi connectivity index (χ3n) is 4.72. The molecule has 0 aliphatic carbocycles. The van der Waals surface area contributed by atoms with E-state index in [0.29, 0.717) is 10.8 Å². The molecule has 5 heteroatoms. The van der Waals surface area contributed by atoms with Crippen LogP contribution in [0.25, 0.3) is 6.08 Å². The molecule has 3 rings (SSSR count). The number of anilines is 1. The monoisotopic (exact) mass is 380 g/mol. The van der Waals surface area contributed by atoms with E-state index < -0.39 is 0 Å². The zero-order valence-corrected chi connectivity index (χ0v) is 16.9. The van der Waals surface area contributed by atoms with Gasteiger partial charge in [-0.05, 0) is 72.0 Å². The standard InChI is InChI=1S/C22H24N2O2S/c1-14(2)18-8-6-17(7-9-18)12-20-21(25)24(22(26)27-20)13-23-19-10-5-15(3)16(4)11-19/h5-12,14,23H,13H2,1-4H3/b20-12-. The van der Waals surface area contributed by atoms with Crippen LogP contribution in [0.3, 0.4) is 0 Å². The third-order valence-corrected chi connectivity index (χ3v) is 5.63. The molecule has 1 aliphatic heterocycles. The summed E-state index contributed by atoms with van der Waals surface area (Å²) < 4.78 is 0. The maximum absolute atomic E-state index is 12.6. The van der Waals surface area contributed by atoms with Crippen molar-refractivity contribution < 1.29 is 9.59 Å². The van der Waals surface area contributed by atoms with Gasteiger partial charge in [-0.25, -0.2) is 0 Å². The van der Waals surface area contributed by atoms with Crippen molar-refractivity contribution in [2.45, 2.75) is 33.6 Å². The first-order chi connectivity index (χ1) is 12.8. The summed E-state index contributed by atoms with van der Waals surface area (Å²) in [6.07, 6.45) is 1.78. The van der Waals surface area contributed by atoms with E-state index in [1.807, 2.05) is 44.2 Å². The number of rotatable bonds is 5. The molecule has 0 radical (unpaired) electrons. The lowest BCUT2D eigenvalue weighted by Gasteiger charge is -2.15. The molecular formula is C22H24N2O2S. The van der Waals surface area contributed by atoms with Gasteiger partial charge in [0.25, 0.3) is 11.1 Å². The van der Waals surface area contributed by atoms with Gasteiger partial charge in [-0.15, -0.1) is 0 Å². The highest BCUT2D eigenvalue weighted by Gasteiger charge is 2.34. The molecule has 27 heavy (non-hydrogen) atoms. The van der Waals surface area contributed by atoms with Crippen LogP contribution in [0.15, 0.2) is 47.4 Å². The SMILES string of the molecule is Cc1ccc(NCN2C(=O)S/C(=C\c3ccc(C(C)C)cc3)C2=O)cc1C. The fourth-order valence-corrected chi connectivity index (χ4v) is 3.62. The molecule has 1 saturated heterocycles. The number of thioether (sulfide) groups is 1. The van der Waals surface area contributed by atoms with Crippen molar-refractivity contribution >= 4 is 34.7 Å². The number of imide groups is 1. The molecule has 1 N–H and O–H groups in total. The van der Waals surface area contributed by atoms with E-state index in [0.717, 1.165) is 23.0 Å². The predicted octanol–water partition coefficient (Wildman–Crippen LogP) is 5.53. The number of hydrogen-bond acceptors (Lipinski definition) is 4. The normalized spacial score (nSPS) is 15.9. The number of aryl methyl sites for hydroxylation is 2. The Morgan fingerprint density at radius 1 is 1.04 bits per heavy atom. The molecule has 1 aliphatic rings. The van der Waals surface area contributed by atoms with Gasteiger partial charge < -0.3 is 5.32 Å². The highest BCUT2D eigenvalue weighted by molar-refractivity contribution is 8.18. The molecule has 2 amide bonds. The first-order valence-electron chi connectivity index (χ1n) is 9.01. The van der Waals surface area contributed by atoms with Gasteiger partial charge in [-0.3, -0.25) is 14.5 Å². The van der Waals surface area contributed by atoms with Gasteiger partial charge >= 0.3 is 0 Å². The van der Waals surface area contributed by atoms with Crippen molar-refractivity contribution in [1.82, 2.24) is 4.90 Å². The summed E-state index contributed by atoms with van der Waals surface area (Å²) in [7, 11) is 0. The van der Waals surface area contributed by atoms with Crippen LogP contribution in [0.4, 0.5) is 10.5 Å². The number of nitrogens with one attached hydrogen (secondary N) is 1. The molecule has 0 saturated carbocycles. The van der Waals surface area contributed by atoms with Crippen LogP contribution in [-0.4, -0.2) is 22.7 Å². The summed E-state index contributed by atoms with van der Waals surface area (Å²) in [4.78, 5) is 26.6. The average Bonchev–Trinajstić information content (AvgIpc) is 2.90. The van der Waals surface area contributed by atoms with Crippen LogP contribution in [0.1, 0.15) is 42.0 Å². The van der Waals surface area contributed by atoms with Gasteiger partial charge in [0.15, 0.2) is 0 Å². The molecule has 0 aromatic heterocycles. The van der Waals surface area contributed by atoms with Gasteiger partial charge in [0.05, 0.1) is 11.6 Å². The molecule has 1 fully saturated rings. The fraction of sp³-hybridized carbons (Fsp3) is 0.273. The molecule has 0 atom stereocenters. The van der Waals surface area contributed by atoms with Gasteiger partial charge in [0.1, 0.15) is 0 Å². The van der Waals surface area contributed by atoms with Crippen molar-refractivity contribution in [3.8, 4) is 0 Å². The largest absolute Gasteiger partial charge is 0.367 e. The third kappa shape index (κ3) is 4.42. The second kappa shape index (κ2) is 8.01. The summed E-state index contributed by atoms with van der Waals surface area (Å²) in [5.41, 5.74) is 5.44. The van der Waals surface area contributed by atoms with Crippen molar-refractivity contribution in [3.63, 3.8) is 0 Å². The summed E-state index contributed by atoms with van der Waals surface area (Å²) in [6, 6.07) is 14.1. The maximum atomic E-state index is 12.6. The Kier molecular flexibility index (Phi) is 5.71. The second-order valence-corrected chi connectivity index (χ2v) is 8.06. The van der Waals surface area contributed by atoms with E-state index in [9.17, 15) is 9.59 Å². The smallest absolute Gasteiger partial charge is 0.295 e. The second-order valence-electron chi connectivity index (χ2n) is 7.07. The number of carbonyl (C=O) groups is 2. The zero-order chi connectivity index (χ0) is 19.6. The number of nitrogens with zero attached hydrogens (tertiary/aromatic N) is 1. The summed E-state index contributed by atoms with van der Waals surface area (Å²) in [5, 5.41) is 2.91. The highest BCUT2D eigenvalue weighted by Crippen LogP contribution is 2.32. The van der Waals surface area contributed by atoms with Crippen LogP contribution >= 0.6 is 11.8 Å². The molecule has 4 nitrogen and oxygen atoms in total. The van der Waals surface area contributed by atoms with E-state index in [1.54, 1.807) is 6.08 Å². The molecule has 0 bridgehead atoms. The van der Waals surface area contributed by atoms with Crippen molar-refractivity contribution in [1.29, 1.82) is 0 Å². The van der Waals surface area contributed by atoms with Gasteiger partial charge in [0.2, 0.25) is 0 Å². The Bertz CT molecular complexity index is 901. The van der Waals surface area contributed by atoms with E-state index in [-0.39, 0.29) is 17.8 Å². The first-order valence-corrected chi connectivity index (χ1v) is 9.83. The van der Waals surface area contributed by atoms with Crippen LogP contribution in [0.2, 0.25) is 0 Å². The van der Waals surface area contributed by atoms with Crippen molar-refractivity contribution in [2.75, 3.05) is 12.0 Å². The summed E-state index contributed by atoms with van der Waals surface area (Å²) in [5.74, 6) is 0.206. The van der Waals surface area contributed by atoms with Gasteiger partial charge in [-0.1, -0.05) is 44.2 Å². The Labute approximate surface area is 164 Å². The molecule has 2 aromatic carbocycles. The molecule has 140 valence electrons. The molecular weight excluding hydrogens is 356 g/mol. The minimum absolute atomic E-state index is 0.163. The quantitative estimate of drug-likeness (QED) is 0.693. The fourth-order valence-electron chi connectivity index (χ4n) is 2.79. The number of benzene rings is 2. The minimum Gasteiger partial charge on any atom is -0.367 e. The number of hydrogen-bond donors (Lipinski definition) is 1. The van der Waals surface area contributed by atoms with E-state index in [4.69, 9.17) is 0 Å². The topological polar surface area (TPSA) is 49.4 Å². The number of carbonyl (C=O) groups excluding carboxylic acids is 2. The van der Waals surface area contributed by atoms with Gasteiger partial charge in [0, 0.05) is 5.69 Å². The molecule has 0 unspecified atom stereocenters. The Balaban J connectivity index is 1.69.